The van der Waals surface area contributed by atoms with Gasteiger partial charge in [0.25, 0.3) is 0 Å². The maximum Gasteiger partial charge on any atom is 0.238 e. The van der Waals surface area contributed by atoms with Crippen LogP contribution in [-0.2, 0) is 20.1 Å². The van der Waals surface area contributed by atoms with E-state index in [9.17, 15) is 0 Å². The molecule has 0 saturated heterocycles. The molecular weight excluding hydrogens is 1710 g/mol. The van der Waals surface area contributed by atoms with Gasteiger partial charge in [0.05, 0.1) is 27.6 Å². The molecule has 0 spiro atoms. The molecule has 0 atom stereocenters. The molecule has 593 valence electrons. The Hall–Kier alpha value is -16.2. The number of fused-ring (bicyclic) bond motifs is 16. The number of nitrogens with zero attached hydrogens (tertiary/aromatic N) is 11. The van der Waals surface area contributed by atoms with Crippen molar-refractivity contribution in [3.63, 3.8) is 0 Å². The maximum absolute atomic E-state index is 5.94. The predicted molar refractivity (Wildman–Crippen MR) is 506 cm³/mol. The van der Waals surface area contributed by atoms with Crippen LogP contribution in [0.2, 0.25) is 0 Å². The van der Waals surface area contributed by atoms with Crippen molar-refractivity contribution in [1.82, 2.24) is 54.0 Å². The molecular formula is C112H73IrN11O-2. The van der Waals surface area contributed by atoms with E-state index in [0.29, 0.717) is 40.8 Å². The molecule has 0 aliphatic rings. The largest absolute Gasteiger partial charge is 0.486 e. The zero-order chi connectivity index (χ0) is 82.7. The van der Waals surface area contributed by atoms with Crippen molar-refractivity contribution in [3.05, 3.63) is 443 Å². The van der Waals surface area contributed by atoms with E-state index in [-0.39, 0.29) is 20.1 Å². The van der Waals surface area contributed by atoms with Crippen molar-refractivity contribution in [2.45, 2.75) is 6.92 Å². The van der Waals surface area contributed by atoms with E-state index in [1.54, 1.807) is 12.4 Å². The van der Waals surface area contributed by atoms with Crippen molar-refractivity contribution in [1.29, 1.82) is 0 Å². The van der Waals surface area contributed by atoms with Gasteiger partial charge in [0, 0.05) is 98.6 Å². The number of benzene rings is 16. The van der Waals surface area contributed by atoms with E-state index in [2.05, 4.69) is 242 Å². The van der Waals surface area contributed by atoms with Crippen LogP contribution in [0.4, 0.5) is 0 Å². The Morgan fingerprint density at radius 2 is 0.656 bits per heavy atom. The molecule has 12 nitrogen and oxygen atoms in total. The standard InChI is InChI=1S/C45H29N3.C39H25N5.C17H11N2O.C11H8N.Ir/c1-3-13-30(14-4-1)43-46-44(31-15-5-2-6-16-31)48-45(47-43)36-20-12-19-34(28-36)32-17-11-18-33(27-32)35-25-26-41-39-23-8-7-21-37(39)38-22-9-10-24-40(38)42(41)29-35;1-4-14-26(15-5-1)37-40-38(27-16-6-2-7-17-27)42-39(41-37)44-34-23-13-11-21-30(34)32-25-24-31-29-20-10-12-22-33(29)43(35(31)36(32)44)28-18-8-3-9-19-28;1-11-8-9-13-12-5-4-6-14(15-7-2-3-10-18-15)16(12)20-17(13)19-11;1-2-6-10(7-3-1)11-8-4-5-9-12-11;/h1-29H;1-25H;2-5,7-10H,1H3;1-6,8-9H;/q;;2*-1;. The molecule has 0 amide bonds. The van der Waals surface area contributed by atoms with E-state index in [1.807, 2.05) is 213 Å². The first-order valence-electron chi connectivity index (χ1n) is 41.2. The van der Waals surface area contributed by atoms with E-state index in [0.717, 1.165) is 122 Å². The van der Waals surface area contributed by atoms with E-state index < -0.39 is 0 Å². The fourth-order valence-corrected chi connectivity index (χ4v) is 16.7. The number of hydrogen-bond donors (Lipinski definition) is 0. The monoisotopic (exact) mass is 1780 g/mol. The molecule has 8 aromatic heterocycles. The van der Waals surface area contributed by atoms with Gasteiger partial charge in [-0.15, -0.1) is 54.1 Å². The molecule has 0 aliphatic carbocycles. The maximum atomic E-state index is 5.94. The number of aromatic nitrogens is 11. The topological polar surface area (TPSA) is 139 Å². The molecule has 0 aliphatic heterocycles. The zero-order valence-corrected chi connectivity index (χ0v) is 70.0. The molecule has 0 unspecified atom stereocenters. The molecule has 1 radical (unpaired) electrons. The van der Waals surface area contributed by atoms with Gasteiger partial charge in [-0.05, 0) is 140 Å². The van der Waals surface area contributed by atoms with E-state index in [1.165, 1.54) is 54.2 Å². The van der Waals surface area contributed by atoms with Gasteiger partial charge < -0.3 is 19.0 Å². The number of aryl methyl sites for hydroxylation is 1. The van der Waals surface area contributed by atoms with Crippen molar-refractivity contribution in [2.24, 2.45) is 0 Å². The average Bonchev–Trinajstić information content (AvgIpc) is 1.54. The molecule has 0 N–H and O–H groups in total. The second kappa shape index (κ2) is 34.5. The number of rotatable bonds is 11. The second-order valence-electron chi connectivity index (χ2n) is 30.2. The van der Waals surface area contributed by atoms with Crippen LogP contribution in [0.15, 0.2) is 429 Å². The molecule has 16 aromatic carbocycles. The number of para-hydroxylation sites is 3. The van der Waals surface area contributed by atoms with Gasteiger partial charge in [0.1, 0.15) is 0 Å². The van der Waals surface area contributed by atoms with Crippen LogP contribution >= 0.6 is 0 Å². The summed E-state index contributed by atoms with van der Waals surface area (Å²) in [6, 6.07) is 148. The molecule has 125 heavy (non-hydrogen) atoms. The molecule has 24 rings (SSSR count). The molecule has 24 aromatic rings. The normalized spacial score (nSPS) is 11.2. The summed E-state index contributed by atoms with van der Waals surface area (Å²) < 4.78 is 10.5. The third-order valence-corrected chi connectivity index (χ3v) is 22.5. The van der Waals surface area contributed by atoms with Crippen LogP contribution in [-0.4, -0.2) is 54.0 Å². The van der Waals surface area contributed by atoms with Gasteiger partial charge in [0.15, 0.2) is 29.1 Å². The summed E-state index contributed by atoms with van der Waals surface area (Å²) in [4.78, 5) is 43.1. The van der Waals surface area contributed by atoms with Crippen LogP contribution in [0.3, 0.4) is 0 Å². The summed E-state index contributed by atoms with van der Waals surface area (Å²) in [5.74, 6) is 3.81. The summed E-state index contributed by atoms with van der Waals surface area (Å²) in [5.41, 5.74) is 21.0. The Bertz CT molecular complexity index is 7850. The Kier molecular flexibility index (Phi) is 21.4. The van der Waals surface area contributed by atoms with Crippen molar-refractivity contribution in [2.75, 3.05) is 0 Å². The van der Waals surface area contributed by atoms with Gasteiger partial charge in [-0.3, -0.25) is 4.57 Å². The van der Waals surface area contributed by atoms with Gasteiger partial charge >= 0.3 is 0 Å². The quantitative estimate of drug-likeness (QED) is 0.0908. The molecule has 8 heterocycles. The summed E-state index contributed by atoms with van der Waals surface area (Å²) in [7, 11) is 0. The Balaban J connectivity index is 0.000000117. The van der Waals surface area contributed by atoms with Crippen molar-refractivity contribution < 1.29 is 24.5 Å². The fourth-order valence-electron chi connectivity index (χ4n) is 16.7. The summed E-state index contributed by atoms with van der Waals surface area (Å²) >= 11 is 0. The van der Waals surface area contributed by atoms with Crippen molar-refractivity contribution >= 4 is 98.0 Å². The number of furan rings is 1. The first-order chi connectivity index (χ1) is 61.4. The fraction of sp³-hybridized carbons (Fsp3) is 0.00893. The Morgan fingerprint density at radius 1 is 0.256 bits per heavy atom. The minimum absolute atomic E-state index is 0. The predicted octanol–water partition coefficient (Wildman–Crippen LogP) is 27.8. The smallest absolute Gasteiger partial charge is 0.238 e. The third-order valence-electron chi connectivity index (χ3n) is 22.5. The first-order valence-corrected chi connectivity index (χ1v) is 41.2. The van der Waals surface area contributed by atoms with Crippen LogP contribution in [0.25, 0.3) is 211 Å². The van der Waals surface area contributed by atoms with E-state index in [4.69, 9.17) is 34.3 Å². The van der Waals surface area contributed by atoms with Crippen LogP contribution in [0.5, 0.6) is 0 Å². The molecule has 13 heteroatoms. The van der Waals surface area contributed by atoms with Crippen LogP contribution < -0.4 is 0 Å². The average molecular weight is 1780 g/mol. The summed E-state index contributed by atoms with van der Waals surface area (Å²) in [6.45, 7) is 1.96. The first kappa shape index (κ1) is 77.4. The SMILES string of the molecule is Cc1ccc2c(n1)oc1c(-c3ccccn3)[c-]ccc12.[Ir].[c-]1ccccc1-c1ccccn1.c1ccc(-c2nc(-c3ccccc3)nc(-c3cccc(-c4cccc(-c5ccc6c7ccccc7c7ccccc7c6c5)c4)c3)n2)cc1.c1ccc(-c2nc(-c3ccccc3)nc(-n3c4ccccc4c4ccc5c6ccccc6n(-c6ccccc6)c5c43)n2)cc1. The van der Waals surface area contributed by atoms with Gasteiger partial charge in [0.2, 0.25) is 11.7 Å². The Labute approximate surface area is 734 Å². The van der Waals surface area contributed by atoms with Gasteiger partial charge in [-0.2, -0.15) is 9.97 Å². The minimum atomic E-state index is 0. The van der Waals surface area contributed by atoms with Gasteiger partial charge in [-0.25, -0.2) is 24.9 Å². The molecule has 0 saturated carbocycles. The number of hydrogen-bond acceptors (Lipinski definition) is 10. The van der Waals surface area contributed by atoms with Gasteiger partial charge in [-0.1, -0.05) is 320 Å². The zero-order valence-electron chi connectivity index (χ0n) is 67.6. The van der Waals surface area contributed by atoms with E-state index >= 15 is 0 Å². The minimum Gasteiger partial charge on any atom is -0.486 e. The van der Waals surface area contributed by atoms with Crippen LogP contribution in [0, 0.1) is 19.1 Å². The summed E-state index contributed by atoms with van der Waals surface area (Å²) in [6.07, 6.45) is 3.56. The van der Waals surface area contributed by atoms with Crippen molar-refractivity contribution in [3.8, 4) is 113 Å². The molecule has 0 fully saturated rings. The Morgan fingerprint density at radius 3 is 1.18 bits per heavy atom. The summed E-state index contributed by atoms with van der Waals surface area (Å²) in [5, 5.41) is 14.4. The molecule has 0 bridgehead atoms. The van der Waals surface area contributed by atoms with Crippen LogP contribution in [0.1, 0.15) is 5.69 Å². The second-order valence-corrected chi connectivity index (χ2v) is 30.2. The third kappa shape index (κ3) is 15.3. The number of pyridine rings is 3.